The molecule has 0 saturated carbocycles. The lowest BCUT2D eigenvalue weighted by molar-refractivity contribution is 0.471. The molecule has 0 aromatic heterocycles. The highest BCUT2D eigenvalue weighted by Crippen LogP contribution is 2.35. The topological polar surface area (TPSA) is 26.0 Å². The lowest BCUT2D eigenvalue weighted by Gasteiger charge is -2.14. The van der Waals surface area contributed by atoms with Gasteiger partial charge < -0.3 is 5.73 Å². The number of nitrogens with two attached hydrogens (primary N) is 1. The van der Waals surface area contributed by atoms with E-state index in [9.17, 15) is 13.2 Å². The first-order chi connectivity index (χ1) is 6.91. The SMILES string of the molecule is CC(CN)c1c(F)c(F)c(Br)c(F)c1Cl. The number of hydrogen-bond donors (Lipinski definition) is 1. The highest BCUT2D eigenvalue weighted by molar-refractivity contribution is 9.10. The molecule has 0 bridgehead atoms. The minimum atomic E-state index is -1.28. The zero-order valence-corrected chi connectivity index (χ0v) is 10.1. The Hall–Kier alpha value is -0.260. The van der Waals surface area contributed by atoms with Gasteiger partial charge in [-0.25, -0.2) is 13.2 Å². The van der Waals surface area contributed by atoms with Crippen LogP contribution in [0.3, 0.4) is 0 Å². The van der Waals surface area contributed by atoms with E-state index < -0.39 is 32.9 Å². The van der Waals surface area contributed by atoms with Crippen LogP contribution in [0.25, 0.3) is 0 Å². The van der Waals surface area contributed by atoms with E-state index in [-0.39, 0.29) is 12.1 Å². The molecule has 84 valence electrons. The summed E-state index contributed by atoms with van der Waals surface area (Å²) >= 11 is 8.16. The van der Waals surface area contributed by atoms with Crippen LogP contribution in [0.2, 0.25) is 5.02 Å². The summed E-state index contributed by atoms with van der Waals surface area (Å²) in [5.74, 6) is -4.00. The van der Waals surface area contributed by atoms with Gasteiger partial charge in [0.1, 0.15) is 0 Å². The van der Waals surface area contributed by atoms with Crippen molar-refractivity contribution in [1.82, 2.24) is 0 Å². The Morgan fingerprint density at radius 2 is 1.80 bits per heavy atom. The number of rotatable bonds is 2. The maximum absolute atomic E-state index is 13.4. The van der Waals surface area contributed by atoms with Crippen molar-refractivity contribution >= 4 is 27.5 Å². The third-order valence-corrected chi connectivity index (χ3v) is 3.16. The Morgan fingerprint density at radius 1 is 1.27 bits per heavy atom. The fourth-order valence-electron chi connectivity index (χ4n) is 1.17. The van der Waals surface area contributed by atoms with Crippen molar-refractivity contribution in [1.29, 1.82) is 0 Å². The largest absolute Gasteiger partial charge is 0.330 e. The molecule has 0 spiro atoms. The molecule has 0 aliphatic heterocycles. The summed E-state index contributed by atoms with van der Waals surface area (Å²) in [6.07, 6.45) is 0. The van der Waals surface area contributed by atoms with Crippen LogP contribution < -0.4 is 5.73 Å². The van der Waals surface area contributed by atoms with Crippen LogP contribution in [0.4, 0.5) is 13.2 Å². The van der Waals surface area contributed by atoms with E-state index in [4.69, 9.17) is 17.3 Å². The molecule has 0 radical (unpaired) electrons. The molecule has 1 unspecified atom stereocenters. The molecule has 2 N–H and O–H groups in total. The van der Waals surface area contributed by atoms with Crippen LogP contribution in [-0.4, -0.2) is 6.54 Å². The molecule has 1 aromatic rings. The predicted octanol–water partition coefficient (Wildman–Crippen LogP) is 3.58. The van der Waals surface area contributed by atoms with Gasteiger partial charge in [0.2, 0.25) is 0 Å². The van der Waals surface area contributed by atoms with Crippen LogP contribution in [0.15, 0.2) is 4.47 Å². The van der Waals surface area contributed by atoms with E-state index in [1.165, 1.54) is 6.92 Å². The van der Waals surface area contributed by atoms with Crippen molar-refractivity contribution in [3.8, 4) is 0 Å². The maximum atomic E-state index is 13.4. The summed E-state index contributed by atoms with van der Waals surface area (Å²) in [6, 6.07) is 0. The van der Waals surface area contributed by atoms with Crippen molar-refractivity contribution in [3.63, 3.8) is 0 Å². The van der Waals surface area contributed by atoms with E-state index >= 15 is 0 Å². The Balaban J connectivity index is 3.52. The van der Waals surface area contributed by atoms with Crippen LogP contribution in [0.5, 0.6) is 0 Å². The van der Waals surface area contributed by atoms with Crippen LogP contribution in [0, 0.1) is 17.5 Å². The lowest BCUT2D eigenvalue weighted by atomic mass is 10.0. The molecule has 6 heteroatoms. The zero-order valence-electron chi connectivity index (χ0n) is 7.75. The first kappa shape index (κ1) is 12.8. The van der Waals surface area contributed by atoms with Crippen molar-refractivity contribution in [3.05, 3.63) is 32.5 Å². The summed E-state index contributed by atoms with van der Waals surface area (Å²) in [6.45, 7) is 1.59. The van der Waals surface area contributed by atoms with Crippen LogP contribution in [0.1, 0.15) is 18.4 Å². The molecule has 0 fully saturated rings. The Labute approximate surface area is 98.5 Å². The number of benzene rings is 1. The van der Waals surface area contributed by atoms with E-state index in [0.29, 0.717) is 0 Å². The van der Waals surface area contributed by atoms with E-state index in [1.807, 2.05) is 0 Å². The Bertz CT molecular complexity index is 368. The second-order valence-electron chi connectivity index (χ2n) is 3.12. The van der Waals surface area contributed by atoms with Crippen molar-refractivity contribution < 1.29 is 13.2 Å². The normalized spacial score (nSPS) is 13.0. The van der Waals surface area contributed by atoms with Gasteiger partial charge in [-0.2, -0.15) is 0 Å². The lowest BCUT2D eigenvalue weighted by Crippen LogP contribution is -2.13. The average molecular weight is 303 g/mol. The summed E-state index contributed by atoms with van der Waals surface area (Å²) in [4.78, 5) is 0. The first-order valence-corrected chi connectivity index (χ1v) is 5.30. The van der Waals surface area contributed by atoms with Gasteiger partial charge in [-0.05, 0) is 28.4 Å². The van der Waals surface area contributed by atoms with Crippen molar-refractivity contribution in [2.75, 3.05) is 6.54 Å². The van der Waals surface area contributed by atoms with Gasteiger partial charge in [0.05, 0.1) is 9.50 Å². The molecule has 0 heterocycles. The smallest absolute Gasteiger partial charge is 0.176 e. The second kappa shape index (κ2) is 4.72. The summed E-state index contributed by atoms with van der Waals surface area (Å²) in [5, 5.41) is -0.432. The highest BCUT2D eigenvalue weighted by atomic mass is 79.9. The monoisotopic (exact) mass is 301 g/mol. The molecule has 0 saturated heterocycles. The number of halogens is 5. The van der Waals surface area contributed by atoms with Gasteiger partial charge in [-0.3, -0.25) is 0 Å². The highest BCUT2D eigenvalue weighted by Gasteiger charge is 2.25. The molecule has 15 heavy (non-hydrogen) atoms. The molecule has 1 rings (SSSR count). The predicted molar refractivity (Wildman–Crippen MR) is 56.5 cm³/mol. The van der Waals surface area contributed by atoms with Gasteiger partial charge in [0, 0.05) is 5.56 Å². The van der Waals surface area contributed by atoms with Gasteiger partial charge in [-0.1, -0.05) is 18.5 Å². The van der Waals surface area contributed by atoms with Gasteiger partial charge in [-0.15, -0.1) is 0 Å². The third kappa shape index (κ3) is 2.14. The van der Waals surface area contributed by atoms with Gasteiger partial charge in [0.25, 0.3) is 0 Å². The average Bonchev–Trinajstić information content (AvgIpc) is 2.23. The molecule has 0 aliphatic carbocycles. The van der Waals surface area contributed by atoms with E-state index in [1.54, 1.807) is 0 Å². The third-order valence-electron chi connectivity index (χ3n) is 2.09. The van der Waals surface area contributed by atoms with E-state index in [0.717, 1.165) is 0 Å². The molecule has 1 atom stereocenters. The van der Waals surface area contributed by atoms with Crippen molar-refractivity contribution in [2.45, 2.75) is 12.8 Å². The quantitative estimate of drug-likeness (QED) is 0.656. The fourth-order valence-corrected chi connectivity index (χ4v) is 2.02. The molecule has 0 aliphatic rings. The number of hydrogen-bond acceptors (Lipinski definition) is 1. The molecular formula is C9H8BrClF3N. The Kier molecular flexibility index (Phi) is 4.03. The summed E-state index contributed by atoms with van der Waals surface area (Å²) < 4.78 is 39.3. The standard InChI is InChI=1S/C9H8BrClF3N/c1-3(2-15)4-6(11)8(13)5(10)9(14)7(4)12/h3H,2,15H2,1H3. The Morgan fingerprint density at radius 3 is 2.27 bits per heavy atom. The molecule has 1 aromatic carbocycles. The minimum absolute atomic E-state index is 0.0527. The zero-order chi connectivity index (χ0) is 11.7. The van der Waals surface area contributed by atoms with Crippen molar-refractivity contribution in [2.24, 2.45) is 5.73 Å². The van der Waals surface area contributed by atoms with Gasteiger partial charge in [0.15, 0.2) is 17.5 Å². The molecule has 0 amide bonds. The summed E-state index contributed by atoms with van der Waals surface area (Å²) in [5.41, 5.74) is 5.07. The molecule has 1 nitrogen and oxygen atoms in total. The van der Waals surface area contributed by atoms with Crippen LogP contribution >= 0.6 is 27.5 Å². The fraction of sp³-hybridized carbons (Fsp3) is 0.333. The second-order valence-corrected chi connectivity index (χ2v) is 4.29. The summed E-state index contributed by atoms with van der Waals surface area (Å²) in [7, 11) is 0. The first-order valence-electron chi connectivity index (χ1n) is 4.13. The van der Waals surface area contributed by atoms with Crippen LogP contribution in [-0.2, 0) is 0 Å². The molecular weight excluding hydrogens is 294 g/mol. The minimum Gasteiger partial charge on any atom is -0.330 e. The van der Waals surface area contributed by atoms with E-state index in [2.05, 4.69) is 15.9 Å². The van der Waals surface area contributed by atoms with Gasteiger partial charge >= 0.3 is 0 Å². The maximum Gasteiger partial charge on any atom is 0.176 e.